The number of hydrogen-bond donors (Lipinski definition) is 2. The number of carbonyl (C=O) groups excluding carboxylic acids is 2. The average molecular weight is 349 g/mol. The van der Waals surface area contributed by atoms with E-state index in [2.05, 4.69) is 16.6 Å². The normalized spacial score (nSPS) is 12.0. The first-order valence-electron chi connectivity index (χ1n) is 8.57. The Labute approximate surface area is 143 Å². The van der Waals surface area contributed by atoms with Gasteiger partial charge >= 0.3 is 11.9 Å². The van der Waals surface area contributed by atoms with Crippen LogP contribution in [0.3, 0.4) is 0 Å². The van der Waals surface area contributed by atoms with E-state index < -0.39 is 17.2 Å². The first-order valence-corrected chi connectivity index (χ1v) is 9.62. The SMILES string of the molecule is CCCCCCCCCCCCSC(CC(=O)ON)C(=O)ON. The third-order valence-electron chi connectivity index (χ3n) is 3.68. The summed E-state index contributed by atoms with van der Waals surface area (Å²) in [6.45, 7) is 2.23. The molecule has 0 saturated heterocycles. The number of unbranched alkanes of at least 4 members (excludes halogenated alkanes) is 9. The highest BCUT2D eigenvalue weighted by molar-refractivity contribution is 8.00. The zero-order valence-corrected chi connectivity index (χ0v) is 15.1. The van der Waals surface area contributed by atoms with Crippen molar-refractivity contribution in [1.82, 2.24) is 0 Å². The molecule has 0 rings (SSSR count). The minimum absolute atomic E-state index is 0.116. The molecular weight excluding hydrogens is 316 g/mol. The molecular formula is C16H32N2O4S. The molecule has 23 heavy (non-hydrogen) atoms. The van der Waals surface area contributed by atoms with Gasteiger partial charge in [-0.3, -0.25) is 4.79 Å². The standard InChI is InChI=1S/C16H32N2O4S/c1-2-3-4-5-6-7-8-9-10-11-12-23-14(16(20)22-18)13-15(19)21-17/h14H,2-13,17-18H2,1H3. The molecule has 0 heterocycles. The fourth-order valence-corrected chi connectivity index (χ4v) is 3.40. The summed E-state index contributed by atoms with van der Waals surface area (Å²) in [7, 11) is 0. The van der Waals surface area contributed by atoms with E-state index in [0.29, 0.717) is 0 Å². The average Bonchev–Trinajstić information content (AvgIpc) is 2.57. The van der Waals surface area contributed by atoms with Gasteiger partial charge in [0.1, 0.15) is 5.25 Å². The largest absolute Gasteiger partial charge is 0.373 e. The summed E-state index contributed by atoms with van der Waals surface area (Å²) in [6, 6.07) is 0. The van der Waals surface area contributed by atoms with Crippen molar-refractivity contribution in [2.45, 2.75) is 82.8 Å². The number of nitrogens with two attached hydrogens (primary N) is 2. The highest BCUT2D eigenvalue weighted by Gasteiger charge is 2.24. The summed E-state index contributed by atoms with van der Waals surface area (Å²) >= 11 is 1.36. The summed E-state index contributed by atoms with van der Waals surface area (Å²) in [5, 5.41) is -0.644. The molecule has 0 aromatic carbocycles. The predicted octanol–water partition coefficient (Wildman–Crippen LogP) is 3.23. The van der Waals surface area contributed by atoms with Crippen molar-refractivity contribution >= 4 is 23.7 Å². The molecule has 0 saturated carbocycles. The second kappa shape index (κ2) is 16.1. The van der Waals surface area contributed by atoms with Gasteiger partial charge in [-0.1, -0.05) is 64.7 Å². The van der Waals surface area contributed by atoms with Crippen LogP contribution in [-0.4, -0.2) is 22.9 Å². The second-order valence-electron chi connectivity index (χ2n) is 5.67. The molecule has 0 aliphatic heterocycles. The highest BCUT2D eigenvalue weighted by atomic mass is 32.2. The van der Waals surface area contributed by atoms with E-state index in [1.807, 2.05) is 0 Å². The number of carbonyl (C=O) groups is 2. The van der Waals surface area contributed by atoms with Crippen molar-refractivity contribution in [2.24, 2.45) is 11.8 Å². The fourth-order valence-electron chi connectivity index (χ4n) is 2.30. The Hall–Kier alpha value is -0.790. The van der Waals surface area contributed by atoms with Gasteiger partial charge in [-0.05, 0) is 12.2 Å². The molecule has 1 atom stereocenters. The van der Waals surface area contributed by atoms with Crippen LogP contribution in [0.5, 0.6) is 0 Å². The van der Waals surface area contributed by atoms with Gasteiger partial charge in [-0.15, -0.1) is 11.8 Å². The third kappa shape index (κ3) is 13.4. The van der Waals surface area contributed by atoms with Gasteiger partial charge < -0.3 is 9.68 Å². The van der Waals surface area contributed by atoms with Crippen LogP contribution in [0, 0.1) is 0 Å². The molecule has 0 fully saturated rings. The molecule has 6 nitrogen and oxygen atoms in total. The first-order chi connectivity index (χ1) is 11.2. The van der Waals surface area contributed by atoms with Crippen LogP contribution in [0.2, 0.25) is 0 Å². The first kappa shape index (κ1) is 22.2. The van der Waals surface area contributed by atoms with Gasteiger partial charge in [0.05, 0.1) is 6.42 Å². The molecule has 0 aliphatic carbocycles. The molecule has 0 amide bonds. The van der Waals surface area contributed by atoms with Crippen molar-refractivity contribution in [3.05, 3.63) is 0 Å². The van der Waals surface area contributed by atoms with E-state index >= 15 is 0 Å². The Balaban J connectivity index is 3.58. The lowest BCUT2D eigenvalue weighted by Gasteiger charge is -2.12. The van der Waals surface area contributed by atoms with Crippen LogP contribution in [0.15, 0.2) is 0 Å². The number of hydrogen-bond acceptors (Lipinski definition) is 7. The van der Waals surface area contributed by atoms with Crippen LogP contribution in [0.1, 0.15) is 77.6 Å². The monoisotopic (exact) mass is 348 g/mol. The Morgan fingerprint density at radius 2 is 1.39 bits per heavy atom. The van der Waals surface area contributed by atoms with Crippen molar-refractivity contribution in [1.29, 1.82) is 0 Å². The highest BCUT2D eigenvalue weighted by Crippen LogP contribution is 2.19. The van der Waals surface area contributed by atoms with Gasteiger partial charge in [0, 0.05) is 0 Å². The fraction of sp³-hybridized carbons (Fsp3) is 0.875. The van der Waals surface area contributed by atoms with Crippen LogP contribution >= 0.6 is 11.8 Å². The summed E-state index contributed by atoms with van der Waals surface area (Å²) < 4.78 is 0. The smallest absolute Gasteiger partial charge is 0.338 e. The van der Waals surface area contributed by atoms with E-state index in [9.17, 15) is 9.59 Å². The number of thioether (sulfide) groups is 1. The minimum atomic E-state index is -0.644. The van der Waals surface area contributed by atoms with Crippen molar-refractivity contribution in [3.63, 3.8) is 0 Å². The van der Waals surface area contributed by atoms with E-state index in [-0.39, 0.29) is 6.42 Å². The molecule has 136 valence electrons. The molecule has 4 N–H and O–H groups in total. The molecule has 0 aromatic heterocycles. The van der Waals surface area contributed by atoms with Crippen LogP contribution in [-0.2, 0) is 19.3 Å². The van der Waals surface area contributed by atoms with Gasteiger partial charge in [-0.25, -0.2) is 4.79 Å². The third-order valence-corrected chi connectivity index (χ3v) is 4.97. The maximum Gasteiger partial charge on any atom is 0.338 e. The maximum absolute atomic E-state index is 11.5. The van der Waals surface area contributed by atoms with E-state index in [1.54, 1.807) is 0 Å². The van der Waals surface area contributed by atoms with Crippen LogP contribution in [0.25, 0.3) is 0 Å². The zero-order chi connectivity index (χ0) is 17.3. The Morgan fingerprint density at radius 3 is 1.87 bits per heavy atom. The molecule has 0 radical (unpaired) electrons. The summed E-state index contributed by atoms with van der Waals surface area (Å²) in [6.07, 6.45) is 12.5. The quantitative estimate of drug-likeness (QED) is 0.346. The van der Waals surface area contributed by atoms with Crippen molar-refractivity contribution in [3.8, 4) is 0 Å². The second-order valence-corrected chi connectivity index (χ2v) is 6.98. The molecule has 0 spiro atoms. The summed E-state index contributed by atoms with van der Waals surface area (Å²) in [5.74, 6) is 9.18. The summed E-state index contributed by atoms with van der Waals surface area (Å²) in [4.78, 5) is 30.9. The zero-order valence-electron chi connectivity index (χ0n) is 14.3. The van der Waals surface area contributed by atoms with Gasteiger partial charge in [0.25, 0.3) is 0 Å². The Morgan fingerprint density at radius 1 is 0.870 bits per heavy atom. The Bertz CT molecular complexity index is 316. The van der Waals surface area contributed by atoms with Crippen LogP contribution in [0.4, 0.5) is 0 Å². The lowest BCUT2D eigenvalue weighted by atomic mass is 10.1. The molecule has 0 aromatic rings. The molecule has 0 aliphatic rings. The summed E-state index contributed by atoms with van der Waals surface area (Å²) in [5.41, 5.74) is 0. The topological polar surface area (TPSA) is 105 Å². The van der Waals surface area contributed by atoms with E-state index in [1.165, 1.54) is 63.1 Å². The van der Waals surface area contributed by atoms with Crippen molar-refractivity contribution in [2.75, 3.05) is 5.75 Å². The van der Waals surface area contributed by atoms with Gasteiger partial charge in [0.2, 0.25) is 0 Å². The lowest BCUT2D eigenvalue weighted by Crippen LogP contribution is -2.27. The predicted molar refractivity (Wildman–Crippen MR) is 93.3 cm³/mol. The van der Waals surface area contributed by atoms with E-state index in [0.717, 1.165) is 18.6 Å². The Kier molecular flexibility index (Phi) is 15.5. The minimum Gasteiger partial charge on any atom is -0.373 e. The molecule has 1 unspecified atom stereocenters. The molecule has 0 bridgehead atoms. The lowest BCUT2D eigenvalue weighted by molar-refractivity contribution is -0.150. The van der Waals surface area contributed by atoms with Gasteiger partial charge in [-0.2, -0.15) is 11.8 Å². The van der Waals surface area contributed by atoms with Crippen molar-refractivity contribution < 1.29 is 19.3 Å². The maximum atomic E-state index is 11.5. The molecule has 7 heteroatoms. The number of rotatable bonds is 15. The van der Waals surface area contributed by atoms with Crippen LogP contribution < -0.4 is 11.8 Å². The van der Waals surface area contributed by atoms with Gasteiger partial charge in [0.15, 0.2) is 0 Å². The van der Waals surface area contributed by atoms with E-state index in [4.69, 9.17) is 11.8 Å².